The second-order valence-corrected chi connectivity index (χ2v) is 8.31. The summed E-state index contributed by atoms with van der Waals surface area (Å²) in [5.41, 5.74) is 1.66. The van der Waals surface area contributed by atoms with Crippen LogP contribution in [0.3, 0.4) is 0 Å². The predicted octanol–water partition coefficient (Wildman–Crippen LogP) is 1.96. The maximum Gasteiger partial charge on any atom is 0.259 e. The molecule has 0 spiro atoms. The summed E-state index contributed by atoms with van der Waals surface area (Å²) in [5, 5.41) is 9.76. The van der Waals surface area contributed by atoms with Crippen LogP contribution < -0.4 is 4.74 Å². The molecule has 0 radical (unpaired) electrons. The van der Waals surface area contributed by atoms with Crippen LogP contribution in [0.2, 0.25) is 0 Å². The fourth-order valence-corrected chi connectivity index (χ4v) is 3.61. The number of aromatic nitrogens is 2. The summed E-state index contributed by atoms with van der Waals surface area (Å²) in [6.45, 7) is 6.17. The number of nitrogens with zero attached hydrogens (tertiary/aromatic N) is 4. The van der Waals surface area contributed by atoms with Crippen LogP contribution in [-0.4, -0.2) is 75.6 Å². The van der Waals surface area contributed by atoms with Gasteiger partial charge in [0.25, 0.3) is 5.91 Å². The van der Waals surface area contributed by atoms with Gasteiger partial charge in [0.1, 0.15) is 11.7 Å². The zero-order valence-corrected chi connectivity index (χ0v) is 19.5. The number of carbonyl (C=O) groups is 2. The van der Waals surface area contributed by atoms with Gasteiger partial charge in [0.15, 0.2) is 0 Å². The number of amides is 2. The Labute approximate surface area is 194 Å². The van der Waals surface area contributed by atoms with Gasteiger partial charge >= 0.3 is 0 Å². The number of fused-ring (bicyclic) bond motifs is 1. The van der Waals surface area contributed by atoms with Crippen molar-refractivity contribution in [2.24, 2.45) is 5.92 Å². The normalized spacial score (nSPS) is 18.7. The van der Waals surface area contributed by atoms with E-state index in [9.17, 15) is 14.7 Å². The van der Waals surface area contributed by atoms with Gasteiger partial charge in [0.2, 0.25) is 11.8 Å². The van der Waals surface area contributed by atoms with Gasteiger partial charge in [-0.1, -0.05) is 25.7 Å². The molecular weight excluding hydrogens is 420 g/mol. The van der Waals surface area contributed by atoms with Gasteiger partial charge in [-0.25, -0.2) is 4.98 Å². The molecule has 0 unspecified atom stereocenters. The first kappa shape index (κ1) is 24.2. The van der Waals surface area contributed by atoms with E-state index in [2.05, 4.69) is 21.8 Å². The van der Waals surface area contributed by atoms with Crippen molar-refractivity contribution in [2.45, 2.75) is 39.3 Å². The third kappa shape index (κ3) is 5.88. The molecule has 8 heteroatoms. The topological polar surface area (TPSA) is 95.9 Å². The Morgan fingerprint density at radius 1 is 1.33 bits per heavy atom. The minimum atomic E-state index is -0.381. The van der Waals surface area contributed by atoms with E-state index in [1.807, 2.05) is 13.8 Å². The SMILES string of the molecule is CCC(=O)N(C)C[C@H]1Oc2ncc(C#Cc3ccncc3)cc2C(=O)N([C@@H](C)CO)C[C@H]1C. The first-order valence-electron chi connectivity index (χ1n) is 11.1. The summed E-state index contributed by atoms with van der Waals surface area (Å²) in [5.74, 6) is 5.93. The minimum absolute atomic E-state index is 0.0134. The van der Waals surface area contributed by atoms with Gasteiger partial charge in [-0.2, -0.15) is 0 Å². The summed E-state index contributed by atoms with van der Waals surface area (Å²) in [6.07, 6.45) is 4.93. The van der Waals surface area contributed by atoms with E-state index in [1.54, 1.807) is 60.6 Å². The number of pyridine rings is 2. The van der Waals surface area contributed by atoms with Crippen LogP contribution in [0.25, 0.3) is 0 Å². The Morgan fingerprint density at radius 2 is 2.03 bits per heavy atom. The highest BCUT2D eigenvalue weighted by Gasteiger charge is 2.34. The van der Waals surface area contributed by atoms with Crippen molar-refractivity contribution in [1.82, 2.24) is 19.8 Å². The van der Waals surface area contributed by atoms with Crippen molar-refractivity contribution in [3.63, 3.8) is 0 Å². The number of ether oxygens (including phenoxy) is 1. The smallest absolute Gasteiger partial charge is 0.259 e. The Hall–Kier alpha value is -3.44. The maximum atomic E-state index is 13.4. The summed E-state index contributed by atoms with van der Waals surface area (Å²) in [4.78, 5) is 37.2. The van der Waals surface area contributed by atoms with Gasteiger partial charge < -0.3 is 19.6 Å². The lowest BCUT2D eigenvalue weighted by Crippen LogP contribution is -2.50. The Kier molecular flexibility index (Phi) is 8.01. The molecule has 1 aliphatic heterocycles. The summed E-state index contributed by atoms with van der Waals surface area (Å²) in [6, 6.07) is 4.89. The third-order valence-corrected chi connectivity index (χ3v) is 5.73. The van der Waals surface area contributed by atoms with Crippen LogP contribution in [0.5, 0.6) is 5.88 Å². The second kappa shape index (κ2) is 10.9. The Balaban J connectivity index is 1.98. The molecule has 0 aromatic carbocycles. The quantitative estimate of drug-likeness (QED) is 0.700. The number of rotatable bonds is 5. The van der Waals surface area contributed by atoms with Gasteiger partial charge in [0.05, 0.1) is 19.2 Å². The Bertz CT molecular complexity index is 1050. The van der Waals surface area contributed by atoms with Crippen molar-refractivity contribution >= 4 is 11.8 Å². The molecule has 0 saturated heterocycles. The van der Waals surface area contributed by atoms with Gasteiger partial charge in [-0.05, 0) is 25.1 Å². The highest BCUT2D eigenvalue weighted by Crippen LogP contribution is 2.27. The molecule has 0 saturated carbocycles. The molecular formula is C25H30N4O4. The molecule has 1 N–H and O–H groups in total. The molecule has 0 fully saturated rings. The molecule has 2 amide bonds. The molecule has 2 aromatic rings. The standard InChI is InChI=1S/C25H30N4O4/c1-5-23(31)28(4)15-22-17(2)14-29(18(3)16-30)25(32)21-12-20(13-27-24(21)33-22)7-6-19-8-10-26-11-9-19/h8-13,17-18,22,30H,5,14-16H2,1-4H3/t17-,18+,22-/m1/s1. The zero-order valence-electron chi connectivity index (χ0n) is 19.5. The second-order valence-electron chi connectivity index (χ2n) is 8.31. The van der Waals surface area contributed by atoms with Gasteiger partial charge in [-0.15, -0.1) is 0 Å². The molecule has 8 nitrogen and oxygen atoms in total. The third-order valence-electron chi connectivity index (χ3n) is 5.73. The Morgan fingerprint density at radius 3 is 2.70 bits per heavy atom. The average molecular weight is 451 g/mol. The molecule has 174 valence electrons. The van der Waals surface area contributed by atoms with Crippen LogP contribution in [0.1, 0.15) is 48.7 Å². The largest absolute Gasteiger partial charge is 0.472 e. The van der Waals surface area contributed by atoms with E-state index < -0.39 is 0 Å². The average Bonchev–Trinajstić information content (AvgIpc) is 2.84. The van der Waals surface area contributed by atoms with E-state index in [-0.39, 0.29) is 47.9 Å². The fraction of sp³-hybridized carbons (Fsp3) is 0.440. The number of aliphatic hydroxyl groups is 1. The van der Waals surface area contributed by atoms with Gasteiger partial charge in [0, 0.05) is 55.6 Å². The first-order valence-corrected chi connectivity index (χ1v) is 11.1. The summed E-state index contributed by atoms with van der Waals surface area (Å²) < 4.78 is 6.19. The molecule has 1 aliphatic rings. The number of carbonyl (C=O) groups excluding carboxylic acids is 2. The van der Waals surface area contributed by atoms with Crippen LogP contribution in [-0.2, 0) is 4.79 Å². The van der Waals surface area contributed by atoms with Crippen molar-refractivity contribution in [1.29, 1.82) is 0 Å². The van der Waals surface area contributed by atoms with Gasteiger partial charge in [-0.3, -0.25) is 14.6 Å². The van der Waals surface area contributed by atoms with E-state index in [4.69, 9.17) is 4.74 Å². The molecule has 3 heterocycles. The fourth-order valence-electron chi connectivity index (χ4n) is 3.61. The van der Waals surface area contributed by atoms with Crippen molar-refractivity contribution in [3.05, 3.63) is 53.5 Å². The van der Waals surface area contributed by atoms with E-state index >= 15 is 0 Å². The van der Waals surface area contributed by atoms with Crippen LogP contribution >= 0.6 is 0 Å². The molecule has 33 heavy (non-hydrogen) atoms. The maximum absolute atomic E-state index is 13.4. The molecule has 3 rings (SSSR count). The summed E-state index contributed by atoms with van der Waals surface area (Å²) in [7, 11) is 1.74. The van der Waals surface area contributed by atoms with Crippen LogP contribution in [0.15, 0.2) is 36.8 Å². The van der Waals surface area contributed by atoms with Crippen molar-refractivity contribution in [3.8, 4) is 17.7 Å². The van der Waals surface area contributed by atoms with E-state index in [0.29, 0.717) is 25.1 Å². The van der Waals surface area contributed by atoms with Crippen LogP contribution in [0, 0.1) is 17.8 Å². The summed E-state index contributed by atoms with van der Waals surface area (Å²) >= 11 is 0. The van der Waals surface area contributed by atoms with Crippen LogP contribution in [0.4, 0.5) is 0 Å². The zero-order chi connectivity index (χ0) is 24.0. The molecule has 2 aromatic heterocycles. The lowest BCUT2D eigenvalue weighted by atomic mass is 10.00. The lowest BCUT2D eigenvalue weighted by Gasteiger charge is -2.37. The molecule has 0 aliphatic carbocycles. The lowest BCUT2D eigenvalue weighted by molar-refractivity contribution is -0.131. The van der Waals surface area contributed by atoms with Crippen molar-refractivity contribution in [2.75, 3.05) is 26.7 Å². The van der Waals surface area contributed by atoms with Crippen molar-refractivity contribution < 1.29 is 19.4 Å². The molecule has 0 bridgehead atoms. The monoisotopic (exact) mass is 450 g/mol. The highest BCUT2D eigenvalue weighted by atomic mass is 16.5. The minimum Gasteiger partial charge on any atom is -0.472 e. The predicted molar refractivity (Wildman–Crippen MR) is 124 cm³/mol. The number of hydrogen-bond acceptors (Lipinski definition) is 6. The van der Waals surface area contributed by atoms with E-state index in [1.165, 1.54) is 0 Å². The number of aliphatic hydroxyl groups excluding tert-OH is 1. The first-order chi connectivity index (χ1) is 15.8. The highest BCUT2D eigenvalue weighted by molar-refractivity contribution is 5.97. The molecule has 3 atom stereocenters. The number of likely N-dealkylation sites (N-methyl/N-ethyl adjacent to an activating group) is 1. The van der Waals surface area contributed by atoms with E-state index in [0.717, 1.165) is 5.56 Å². The number of hydrogen-bond donors (Lipinski definition) is 1.